The van der Waals surface area contributed by atoms with E-state index in [1.54, 1.807) is 11.3 Å². The summed E-state index contributed by atoms with van der Waals surface area (Å²) in [6.07, 6.45) is -3.94. The highest BCUT2D eigenvalue weighted by Crippen LogP contribution is 2.26. The first-order chi connectivity index (χ1) is 8.29. The van der Waals surface area contributed by atoms with Gasteiger partial charge in [-0.2, -0.15) is 13.2 Å². The standard InChI is InChI=1S/C13H20F3NS/c1-9-8-12(11(3)18-9)10(2)17-7-5-4-6-13(14,15)16/h8,10,17H,4-7H2,1-3H3. The van der Waals surface area contributed by atoms with Gasteiger partial charge in [0.05, 0.1) is 0 Å². The van der Waals surface area contributed by atoms with E-state index in [0.29, 0.717) is 13.0 Å². The topological polar surface area (TPSA) is 12.0 Å². The van der Waals surface area contributed by atoms with E-state index in [1.165, 1.54) is 15.3 Å². The first-order valence-electron chi connectivity index (χ1n) is 6.16. The molecule has 0 amide bonds. The monoisotopic (exact) mass is 279 g/mol. The molecule has 1 heterocycles. The van der Waals surface area contributed by atoms with E-state index in [9.17, 15) is 13.2 Å². The Morgan fingerprint density at radius 3 is 2.44 bits per heavy atom. The Bertz CT molecular complexity index is 371. The summed E-state index contributed by atoms with van der Waals surface area (Å²) >= 11 is 1.76. The molecule has 1 aromatic rings. The average Bonchev–Trinajstić information content (AvgIpc) is 2.55. The normalized spacial score (nSPS) is 13.9. The molecule has 0 fully saturated rings. The largest absolute Gasteiger partial charge is 0.389 e. The average molecular weight is 279 g/mol. The molecule has 1 N–H and O–H groups in total. The van der Waals surface area contributed by atoms with Crippen molar-refractivity contribution in [3.05, 3.63) is 21.4 Å². The summed E-state index contributed by atoms with van der Waals surface area (Å²) in [5.74, 6) is 0. The van der Waals surface area contributed by atoms with Crippen molar-refractivity contribution in [3.8, 4) is 0 Å². The van der Waals surface area contributed by atoms with Gasteiger partial charge in [-0.15, -0.1) is 11.3 Å². The van der Waals surface area contributed by atoms with E-state index < -0.39 is 12.6 Å². The maximum atomic E-state index is 11.9. The van der Waals surface area contributed by atoms with Crippen molar-refractivity contribution in [2.45, 2.75) is 52.3 Å². The maximum absolute atomic E-state index is 11.9. The number of alkyl halides is 3. The van der Waals surface area contributed by atoms with Crippen molar-refractivity contribution < 1.29 is 13.2 Å². The molecule has 1 aromatic heterocycles. The first kappa shape index (κ1) is 15.5. The number of thiophene rings is 1. The summed E-state index contributed by atoms with van der Waals surface area (Å²) in [4.78, 5) is 2.55. The summed E-state index contributed by atoms with van der Waals surface area (Å²) in [6.45, 7) is 6.83. The highest BCUT2D eigenvalue weighted by molar-refractivity contribution is 7.12. The van der Waals surface area contributed by atoms with Crippen molar-refractivity contribution in [1.29, 1.82) is 0 Å². The van der Waals surface area contributed by atoms with Gasteiger partial charge in [-0.05, 0) is 51.8 Å². The molecular formula is C13H20F3NS. The van der Waals surface area contributed by atoms with Gasteiger partial charge >= 0.3 is 6.18 Å². The highest BCUT2D eigenvalue weighted by atomic mass is 32.1. The quantitative estimate of drug-likeness (QED) is 0.741. The molecule has 0 aromatic carbocycles. The number of aryl methyl sites for hydroxylation is 2. The van der Waals surface area contributed by atoms with Crippen molar-refractivity contribution >= 4 is 11.3 Å². The van der Waals surface area contributed by atoms with Crippen LogP contribution in [-0.2, 0) is 0 Å². The molecule has 5 heteroatoms. The van der Waals surface area contributed by atoms with Crippen molar-refractivity contribution in [1.82, 2.24) is 5.32 Å². The number of hydrogen-bond donors (Lipinski definition) is 1. The molecular weight excluding hydrogens is 259 g/mol. The van der Waals surface area contributed by atoms with Crippen LogP contribution in [0, 0.1) is 13.8 Å². The predicted molar refractivity (Wildman–Crippen MR) is 70.1 cm³/mol. The van der Waals surface area contributed by atoms with Crippen LogP contribution >= 0.6 is 11.3 Å². The Labute approximate surface area is 110 Å². The molecule has 0 spiro atoms. The van der Waals surface area contributed by atoms with E-state index in [1.807, 2.05) is 0 Å². The molecule has 0 aliphatic heterocycles. The van der Waals surface area contributed by atoms with Crippen LogP contribution in [-0.4, -0.2) is 12.7 Å². The molecule has 1 rings (SSSR count). The summed E-state index contributed by atoms with van der Waals surface area (Å²) in [5.41, 5.74) is 1.26. The van der Waals surface area contributed by atoms with Crippen LogP contribution in [0.5, 0.6) is 0 Å². The zero-order chi connectivity index (χ0) is 13.8. The Hall–Kier alpha value is -0.550. The highest BCUT2D eigenvalue weighted by Gasteiger charge is 2.25. The van der Waals surface area contributed by atoms with Gasteiger partial charge in [0.25, 0.3) is 0 Å². The zero-order valence-corrected chi connectivity index (χ0v) is 11.8. The second-order valence-corrected chi connectivity index (χ2v) is 6.08. The van der Waals surface area contributed by atoms with Crippen molar-refractivity contribution in [2.24, 2.45) is 0 Å². The summed E-state index contributed by atoms with van der Waals surface area (Å²) in [5, 5.41) is 3.28. The molecule has 104 valence electrons. The maximum Gasteiger partial charge on any atom is 0.389 e. The third-order valence-corrected chi connectivity index (χ3v) is 3.87. The minimum Gasteiger partial charge on any atom is -0.310 e. The third kappa shape index (κ3) is 5.40. The first-order valence-corrected chi connectivity index (χ1v) is 6.98. The van der Waals surface area contributed by atoms with Gasteiger partial charge in [0.1, 0.15) is 0 Å². The second kappa shape index (κ2) is 6.57. The minimum atomic E-state index is -4.02. The molecule has 0 bridgehead atoms. The zero-order valence-electron chi connectivity index (χ0n) is 11.0. The molecule has 1 nitrogen and oxygen atoms in total. The fourth-order valence-electron chi connectivity index (χ4n) is 1.96. The second-order valence-electron chi connectivity index (χ2n) is 4.62. The molecule has 0 radical (unpaired) electrons. The third-order valence-electron chi connectivity index (χ3n) is 2.88. The number of halogens is 3. The molecule has 0 aliphatic rings. The molecule has 0 saturated carbocycles. The van der Waals surface area contributed by atoms with Crippen molar-refractivity contribution in [3.63, 3.8) is 0 Å². The van der Waals surface area contributed by atoms with Crippen LogP contribution in [0.2, 0.25) is 0 Å². The molecule has 1 unspecified atom stereocenters. The Kier molecular flexibility index (Phi) is 5.66. The lowest BCUT2D eigenvalue weighted by atomic mass is 10.1. The number of rotatable bonds is 6. The summed E-state index contributed by atoms with van der Waals surface area (Å²) in [7, 11) is 0. The lowest BCUT2D eigenvalue weighted by Gasteiger charge is -2.14. The van der Waals surface area contributed by atoms with Crippen LogP contribution in [0.25, 0.3) is 0 Å². The van der Waals surface area contributed by atoms with E-state index >= 15 is 0 Å². The van der Waals surface area contributed by atoms with Gasteiger partial charge in [0.15, 0.2) is 0 Å². The van der Waals surface area contributed by atoms with E-state index in [0.717, 1.165) is 0 Å². The molecule has 1 atom stereocenters. The fraction of sp³-hybridized carbons (Fsp3) is 0.692. The van der Waals surface area contributed by atoms with Gasteiger partial charge in [-0.25, -0.2) is 0 Å². The summed E-state index contributed by atoms with van der Waals surface area (Å²) in [6, 6.07) is 2.36. The van der Waals surface area contributed by atoms with Gasteiger partial charge in [0, 0.05) is 22.2 Å². The Morgan fingerprint density at radius 2 is 1.94 bits per heavy atom. The molecule has 0 saturated heterocycles. The number of nitrogens with one attached hydrogen (secondary N) is 1. The number of unbranched alkanes of at least 4 members (excludes halogenated alkanes) is 1. The van der Waals surface area contributed by atoms with E-state index in [4.69, 9.17) is 0 Å². The smallest absolute Gasteiger partial charge is 0.310 e. The SMILES string of the molecule is Cc1cc(C(C)NCCCCC(F)(F)F)c(C)s1. The summed E-state index contributed by atoms with van der Waals surface area (Å²) < 4.78 is 35.8. The predicted octanol–water partition coefficient (Wildman–Crippen LogP) is 4.75. The van der Waals surface area contributed by atoms with Crippen molar-refractivity contribution in [2.75, 3.05) is 6.54 Å². The fourth-order valence-corrected chi connectivity index (χ4v) is 2.98. The number of hydrogen-bond acceptors (Lipinski definition) is 2. The molecule has 18 heavy (non-hydrogen) atoms. The minimum absolute atomic E-state index is 0.199. The lowest BCUT2D eigenvalue weighted by molar-refractivity contribution is -0.135. The van der Waals surface area contributed by atoms with Gasteiger partial charge in [-0.3, -0.25) is 0 Å². The van der Waals surface area contributed by atoms with E-state index in [2.05, 4.69) is 32.2 Å². The van der Waals surface area contributed by atoms with Gasteiger partial charge < -0.3 is 5.32 Å². The van der Waals surface area contributed by atoms with Gasteiger partial charge in [-0.1, -0.05) is 0 Å². The molecule has 0 aliphatic carbocycles. The van der Waals surface area contributed by atoms with Crippen LogP contribution in [0.4, 0.5) is 13.2 Å². The van der Waals surface area contributed by atoms with Crippen LogP contribution in [0.1, 0.15) is 47.5 Å². The van der Waals surface area contributed by atoms with Gasteiger partial charge in [0.2, 0.25) is 0 Å². The van der Waals surface area contributed by atoms with Crippen LogP contribution < -0.4 is 5.32 Å². The van der Waals surface area contributed by atoms with Crippen LogP contribution in [0.15, 0.2) is 6.07 Å². The van der Waals surface area contributed by atoms with Crippen LogP contribution in [0.3, 0.4) is 0 Å². The Balaban J connectivity index is 2.26. The van der Waals surface area contributed by atoms with E-state index in [-0.39, 0.29) is 12.5 Å². The Morgan fingerprint density at radius 1 is 1.28 bits per heavy atom. The lowest BCUT2D eigenvalue weighted by Crippen LogP contribution is -2.20.